The quantitative estimate of drug-likeness (QED) is 0.325. The first-order chi connectivity index (χ1) is 24.4. The molecule has 1 spiro atoms. The minimum atomic E-state index is -3.94. The second-order valence-corrected chi connectivity index (χ2v) is 19.1. The van der Waals surface area contributed by atoms with Crippen molar-refractivity contribution in [2.45, 2.75) is 101 Å². The van der Waals surface area contributed by atoms with Crippen LogP contribution in [-0.4, -0.2) is 76.5 Å². The Kier molecular flexibility index (Phi) is 10.3. The maximum Gasteiger partial charge on any atom is 0.264 e. The maximum atomic E-state index is 13.7. The van der Waals surface area contributed by atoms with Crippen LogP contribution in [0.2, 0.25) is 5.02 Å². The van der Waals surface area contributed by atoms with Crippen molar-refractivity contribution in [2.75, 3.05) is 51.3 Å². The molecular formula is C41H56ClN3O5S. The van der Waals surface area contributed by atoms with Gasteiger partial charge in [0.05, 0.1) is 23.1 Å². The molecule has 1 saturated heterocycles. The van der Waals surface area contributed by atoms with Crippen LogP contribution >= 0.6 is 11.6 Å². The number of aryl methyl sites for hydroxylation is 1. The molecule has 1 saturated carbocycles. The van der Waals surface area contributed by atoms with Crippen LogP contribution in [0, 0.1) is 17.3 Å². The van der Waals surface area contributed by atoms with E-state index in [0.29, 0.717) is 18.6 Å². The topological polar surface area (TPSA) is 88.2 Å². The minimum absolute atomic E-state index is 0.0832. The van der Waals surface area contributed by atoms with Crippen molar-refractivity contribution >= 4 is 33.2 Å². The first-order valence-electron chi connectivity index (χ1n) is 19.2. The fourth-order valence-corrected chi connectivity index (χ4v) is 11.4. The Hall–Kier alpha value is -2.59. The van der Waals surface area contributed by atoms with Gasteiger partial charge >= 0.3 is 0 Å². The van der Waals surface area contributed by atoms with Gasteiger partial charge in [-0.2, -0.15) is 0 Å². The van der Waals surface area contributed by atoms with E-state index in [4.69, 9.17) is 21.1 Å². The lowest BCUT2D eigenvalue weighted by atomic mass is 9.54. The number of amides is 1. The number of carbonyl (C=O) groups excluding carboxylic acids is 1. The highest BCUT2D eigenvalue weighted by atomic mass is 35.5. The lowest BCUT2D eigenvalue weighted by Crippen LogP contribution is -2.59. The van der Waals surface area contributed by atoms with Gasteiger partial charge in [-0.3, -0.25) is 4.79 Å². The molecule has 2 aromatic carbocycles. The fourth-order valence-electron chi connectivity index (χ4n) is 9.94. The Bertz CT molecular complexity index is 1760. The van der Waals surface area contributed by atoms with Crippen molar-refractivity contribution in [1.29, 1.82) is 0 Å². The van der Waals surface area contributed by atoms with E-state index in [0.717, 1.165) is 87.7 Å². The van der Waals surface area contributed by atoms with Crippen LogP contribution in [0.5, 0.6) is 5.75 Å². The average Bonchev–Trinajstić information content (AvgIpc) is 3.25. The highest BCUT2D eigenvalue weighted by molar-refractivity contribution is 7.90. The highest BCUT2D eigenvalue weighted by Crippen LogP contribution is 2.56. The molecule has 6 atom stereocenters. The van der Waals surface area contributed by atoms with Gasteiger partial charge in [0.1, 0.15) is 5.75 Å². The molecule has 1 N–H and O–H groups in total. The number of methoxy groups -OCH3 is 1. The Balaban J connectivity index is 1.32. The van der Waals surface area contributed by atoms with Gasteiger partial charge in [0.25, 0.3) is 5.91 Å². The third-order valence-corrected chi connectivity index (χ3v) is 15.5. The molecular weight excluding hydrogens is 682 g/mol. The molecule has 8 nitrogen and oxygen atoms in total. The monoisotopic (exact) mass is 737 g/mol. The Morgan fingerprint density at radius 2 is 1.84 bits per heavy atom. The molecule has 2 aliphatic carbocycles. The fraction of sp³-hybridized carbons (Fsp3) is 0.634. The van der Waals surface area contributed by atoms with E-state index in [1.165, 1.54) is 30.4 Å². The van der Waals surface area contributed by atoms with E-state index in [1.807, 2.05) is 32.2 Å². The van der Waals surface area contributed by atoms with E-state index in [9.17, 15) is 13.2 Å². The predicted molar refractivity (Wildman–Crippen MR) is 204 cm³/mol. The molecule has 0 radical (unpaired) electrons. The summed E-state index contributed by atoms with van der Waals surface area (Å²) in [5.74, 6) is 0.162. The maximum absolute atomic E-state index is 13.7. The second-order valence-electron chi connectivity index (χ2n) is 16.6. The number of hydrogen-bond acceptors (Lipinski definition) is 7. The standard InChI is InChI=1S/C41H56ClN3O5S/c1-29-10-8-18-41(49-4,20-23-44-21-6-5-7-22-44)37-16-19-39(37,3)26-45-27-40(17-9-11-31-24-33(42)13-14-34(31)40)28-50-36-15-12-32(25-35(36)45)38(46)43-51(47,48)30(29)2/h8,12-15,18,24-25,29-30,37H,5-7,9-11,16-17,19-23,26-28H2,1-4H3,(H,43,46)/b18-8+/t29-,30+,37+,39?,40-,41-/m0/s1. The van der Waals surface area contributed by atoms with Gasteiger partial charge in [-0.05, 0) is 137 Å². The number of nitrogens with zero attached hydrogens (tertiary/aromatic N) is 2. The van der Waals surface area contributed by atoms with Crippen LogP contribution < -0.4 is 14.4 Å². The molecule has 1 unspecified atom stereocenters. The van der Waals surface area contributed by atoms with Crippen molar-refractivity contribution in [3.8, 4) is 5.75 Å². The van der Waals surface area contributed by atoms with Crippen LogP contribution in [0.4, 0.5) is 5.69 Å². The number of allylic oxidation sites excluding steroid dienone is 1. The summed E-state index contributed by atoms with van der Waals surface area (Å²) in [6, 6.07) is 11.7. The molecule has 5 aliphatic rings. The molecule has 278 valence electrons. The van der Waals surface area contributed by atoms with E-state index in [-0.39, 0.29) is 22.7 Å². The summed E-state index contributed by atoms with van der Waals surface area (Å²) in [6.07, 6.45) is 14.8. The summed E-state index contributed by atoms with van der Waals surface area (Å²) in [7, 11) is -2.08. The van der Waals surface area contributed by atoms with Gasteiger partial charge in [0, 0.05) is 42.7 Å². The summed E-state index contributed by atoms with van der Waals surface area (Å²) in [4.78, 5) is 18.7. The number of hydrogen-bond donors (Lipinski definition) is 1. The van der Waals surface area contributed by atoms with Crippen LogP contribution in [0.1, 0.15) is 100 Å². The number of halogens is 1. The van der Waals surface area contributed by atoms with Crippen LogP contribution in [-0.2, 0) is 26.6 Å². The molecule has 2 fully saturated rings. The number of carbonyl (C=O) groups is 1. The lowest BCUT2D eigenvalue weighted by molar-refractivity contribution is -0.122. The van der Waals surface area contributed by atoms with Crippen LogP contribution in [0.15, 0.2) is 48.6 Å². The Morgan fingerprint density at radius 3 is 2.59 bits per heavy atom. The van der Waals surface area contributed by atoms with Gasteiger partial charge in [-0.1, -0.05) is 50.1 Å². The van der Waals surface area contributed by atoms with E-state index in [1.54, 1.807) is 13.0 Å². The third kappa shape index (κ3) is 7.09. The first kappa shape index (κ1) is 36.8. The number of rotatable bonds is 4. The molecule has 7 rings (SSSR count). The highest BCUT2D eigenvalue weighted by Gasteiger charge is 2.55. The molecule has 3 aliphatic heterocycles. The van der Waals surface area contributed by atoms with Crippen LogP contribution in [0.3, 0.4) is 0 Å². The number of anilines is 1. The number of sulfonamides is 1. The normalized spacial score (nSPS) is 34.6. The van der Waals surface area contributed by atoms with Gasteiger partial charge in [-0.25, -0.2) is 13.1 Å². The van der Waals surface area contributed by atoms with Gasteiger partial charge in [-0.15, -0.1) is 0 Å². The predicted octanol–water partition coefficient (Wildman–Crippen LogP) is 7.53. The number of piperidine rings is 1. The lowest BCUT2D eigenvalue weighted by Gasteiger charge is -2.57. The largest absolute Gasteiger partial charge is 0.490 e. The van der Waals surface area contributed by atoms with E-state index < -0.39 is 26.8 Å². The zero-order chi connectivity index (χ0) is 36.0. The number of fused-ring (bicyclic) bond motifs is 4. The smallest absolute Gasteiger partial charge is 0.264 e. The summed E-state index contributed by atoms with van der Waals surface area (Å²) in [6.45, 7) is 11.3. The van der Waals surface area contributed by atoms with Crippen molar-refractivity contribution in [2.24, 2.45) is 17.3 Å². The number of nitrogens with one attached hydrogen (secondary N) is 1. The Labute approximate surface area is 310 Å². The molecule has 51 heavy (non-hydrogen) atoms. The minimum Gasteiger partial charge on any atom is -0.490 e. The first-order valence-corrected chi connectivity index (χ1v) is 21.1. The van der Waals surface area contributed by atoms with Crippen molar-refractivity contribution in [1.82, 2.24) is 9.62 Å². The molecule has 10 heteroatoms. The summed E-state index contributed by atoms with van der Waals surface area (Å²) < 4.78 is 43.0. The number of likely N-dealkylation sites (tertiary alicyclic amines) is 1. The van der Waals surface area contributed by atoms with Crippen LogP contribution in [0.25, 0.3) is 0 Å². The SMILES string of the molecule is CO[C@]1(CCN2CCCCC2)/C=C/C[C@H](C)[C@@H](C)S(=O)(=O)NC(=O)c2ccc3c(c2)N(CC2(C)CC[C@H]21)C[C@@]1(CCCc2cc(Cl)ccc21)CO3. The van der Waals surface area contributed by atoms with Crippen molar-refractivity contribution in [3.05, 3.63) is 70.3 Å². The zero-order valence-electron chi connectivity index (χ0n) is 30.9. The Morgan fingerprint density at radius 1 is 1.04 bits per heavy atom. The van der Waals surface area contributed by atoms with Crippen molar-refractivity contribution in [3.63, 3.8) is 0 Å². The average molecular weight is 738 g/mol. The van der Waals surface area contributed by atoms with Crippen molar-refractivity contribution < 1.29 is 22.7 Å². The molecule has 3 heterocycles. The molecule has 2 aromatic rings. The second kappa shape index (κ2) is 14.3. The third-order valence-electron chi connectivity index (χ3n) is 13.4. The summed E-state index contributed by atoms with van der Waals surface area (Å²) >= 11 is 6.51. The zero-order valence-corrected chi connectivity index (χ0v) is 32.5. The summed E-state index contributed by atoms with van der Waals surface area (Å²) in [5.41, 5.74) is 2.88. The number of ether oxygens (including phenoxy) is 2. The van der Waals surface area contributed by atoms with Gasteiger partial charge < -0.3 is 19.3 Å². The molecule has 0 aromatic heterocycles. The van der Waals surface area contributed by atoms with E-state index >= 15 is 0 Å². The summed E-state index contributed by atoms with van der Waals surface area (Å²) in [5, 5.41) is -0.0139. The molecule has 2 bridgehead atoms. The van der Waals surface area contributed by atoms with Gasteiger partial charge in [0.15, 0.2) is 0 Å². The van der Waals surface area contributed by atoms with E-state index in [2.05, 4.69) is 45.7 Å². The molecule has 1 amide bonds. The van der Waals surface area contributed by atoms with Gasteiger partial charge in [0.2, 0.25) is 10.0 Å². The number of benzene rings is 2.